The largest absolute Gasteiger partial charge is 0.481 e. The predicted octanol–water partition coefficient (Wildman–Crippen LogP) is 2.84. The average molecular weight is 341 g/mol. The van der Waals surface area contributed by atoms with Crippen molar-refractivity contribution in [3.05, 3.63) is 29.8 Å². The van der Waals surface area contributed by atoms with Crippen molar-refractivity contribution in [2.75, 3.05) is 6.54 Å². The summed E-state index contributed by atoms with van der Waals surface area (Å²) in [5.41, 5.74) is 0.604. The molecule has 24 heavy (non-hydrogen) atoms. The van der Waals surface area contributed by atoms with Crippen LogP contribution in [0.15, 0.2) is 24.3 Å². The Bertz CT molecular complexity index is 571. The number of nitrogens with one attached hydrogen (secondary N) is 1. The van der Waals surface area contributed by atoms with Crippen molar-refractivity contribution < 1.29 is 28.2 Å². The minimum absolute atomic E-state index is 0.105. The van der Waals surface area contributed by atoms with E-state index in [0.29, 0.717) is 44.2 Å². The monoisotopic (exact) mass is 341 g/mol. The van der Waals surface area contributed by atoms with Gasteiger partial charge in [0.25, 0.3) is 0 Å². The zero-order valence-electron chi connectivity index (χ0n) is 13.2. The van der Waals surface area contributed by atoms with E-state index in [9.17, 15) is 18.4 Å². The van der Waals surface area contributed by atoms with Crippen molar-refractivity contribution in [1.29, 1.82) is 0 Å². The quantitative estimate of drug-likeness (QED) is 0.800. The summed E-state index contributed by atoms with van der Waals surface area (Å²) < 4.78 is 29.1. The summed E-state index contributed by atoms with van der Waals surface area (Å²) in [6, 6.07) is 6.49. The Balaban J connectivity index is 1.78. The van der Waals surface area contributed by atoms with Crippen molar-refractivity contribution in [1.82, 2.24) is 5.32 Å². The van der Waals surface area contributed by atoms with E-state index in [2.05, 4.69) is 10.1 Å². The lowest BCUT2D eigenvalue weighted by molar-refractivity contribution is -0.144. The minimum atomic E-state index is -2.88. The summed E-state index contributed by atoms with van der Waals surface area (Å²) >= 11 is 0. The van der Waals surface area contributed by atoms with Gasteiger partial charge in [-0.2, -0.15) is 8.78 Å². The molecule has 7 heteroatoms. The normalized spacial score (nSPS) is 20.6. The molecule has 0 saturated heterocycles. The number of carbonyl (C=O) groups is 2. The van der Waals surface area contributed by atoms with E-state index in [4.69, 9.17) is 5.11 Å². The number of benzene rings is 1. The lowest BCUT2D eigenvalue weighted by Gasteiger charge is -2.25. The number of para-hydroxylation sites is 1. The number of ether oxygens (including phenoxy) is 1. The number of halogens is 2. The van der Waals surface area contributed by atoms with Crippen LogP contribution in [-0.2, 0) is 16.0 Å². The summed E-state index contributed by atoms with van der Waals surface area (Å²) in [5.74, 6) is -1.32. The first-order valence-corrected chi connectivity index (χ1v) is 8.00. The summed E-state index contributed by atoms with van der Waals surface area (Å²) in [6.07, 6.45) is 2.54. The maximum Gasteiger partial charge on any atom is 0.387 e. The van der Waals surface area contributed by atoms with Crippen LogP contribution >= 0.6 is 0 Å². The van der Waals surface area contributed by atoms with E-state index >= 15 is 0 Å². The zero-order chi connectivity index (χ0) is 17.5. The second kappa shape index (κ2) is 8.61. The maximum atomic E-state index is 12.3. The number of carbonyl (C=O) groups excluding carboxylic acids is 1. The smallest absolute Gasteiger partial charge is 0.387 e. The molecular formula is C17H21F2NO4. The molecule has 0 aromatic heterocycles. The Morgan fingerprint density at radius 2 is 1.79 bits per heavy atom. The molecule has 0 heterocycles. The first kappa shape index (κ1) is 18.2. The highest BCUT2D eigenvalue weighted by Crippen LogP contribution is 2.29. The van der Waals surface area contributed by atoms with Crippen molar-refractivity contribution in [3.8, 4) is 5.75 Å². The number of carboxylic acids is 1. The number of hydrogen-bond acceptors (Lipinski definition) is 3. The van der Waals surface area contributed by atoms with Gasteiger partial charge < -0.3 is 15.2 Å². The third-order valence-electron chi connectivity index (χ3n) is 4.33. The van der Waals surface area contributed by atoms with Gasteiger partial charge in [-0.25, -0.2) is 0 Å². The van der Waals surface area contributed by atoms with Crippen molar-refractivity contribution in [3.63, 3.8) is 0 Å². The standard InChI is InChI=1S/C17H21F2NO4/c18-17(19)24-14-4-2-1-3-11(14)9-10-20-15(21)12-5-7-13(8-6-12)16(22)23/h1-4,12-13,17H,5-10H2,(H,20,21)(H,22,23). The molecule has 0 unspecified atom stereocenters. The first-order valence-electron chi connectivity index (χ1n) is 8.00. The second-order valence-corrected chi connectivity index (χ2v) is 5.91. The van der Waals surface area contributed by atoms with Gasteiger partial charge in [-0.05, 0) is 43.7 Å². The molecule has 132 valence electrons. The molecule has 1 saturated carbocycles. The summed E-state index contributed by atoms with van der Waals surface area (Å²) in [7, 11) is 0. The highest BCUT2D eigenvalue weighted by atomic mass is 19.3. The molecular weight excluding hydrogens is 320 g/mol. The highest BCUT2D eigenvalue weighted by molar-refractivity contribution is 5.79. The molecule has 2 rings (SSSR count). The lowest BCUT2D eigenvalue weighted by atomic mass is 9.81. The van der Waals surface area contributed by atoms with E-state index in [-0.39, 0.29) is 23.5 Å². The number of amides is 1. The third kappa shape index (κ3) is 5.18. The van der Waals surface area contributed by atoms with Crippen LogP contribution in [0.4, 0.5) is 8.78 Å². The van der Waals surface area contributed by atoms with Crippen molar-refractivity contribution in [2.24, 2.45) is 11.8 Å². The molecule has 0 spiro atoms. The van der Waals surface area contributed by atoms with Crippen LogP contribution in [0.5, 0.6) is 5.75 Å². The van der Waals surface area contributed by atoms with Gasteiger partial charge >= 0.3 is 12.6 Å². The second-order valence-electron chi connectivity index (χ2n) is 5.91. The Kier molecular flexibility index (Phi) is 6.52. The van der Waals surface area contributed by atoms with E-state index < -0.39 is 12.6 Å². The lowest BCUT2D eigenvalue weighted by Crippen LogP contribution is -2.35. The van der Waals surface area contributed by atoms with Crippen LogP contribution in [0, 0.1) is 11.8 Å². The Hall–Kier alpha value is -2.18. The first-order chi connectivity index (χ1) is 11.5. The number of hydrogen-bond donors (Lipinski definition) is 2. The van der Waals surface area contributed by atoms with Gasteiger partial charge in [0.2, 0.25) is 5.91 Å². The summed E-state index contributed by atoms with van der Waals surface area (Å²) in [4.78, 5) is 23.0. The van der Waals surface area contributed by atoms with E-state index in [0.717, 1.165) is 0 Å². The number of aliphatic carboxylic acids is 1. The van der Waals surface area contributed by atoms with Crippen LogP contribution in [0.1, 0.15) is 31.2 Å². The molecule has 0 bridgehead atoms. The fourth-order valence-corrected chi connectivity index (χ4v) is 2.99. The van der Waals surface area contributed by atoms with Crippen molar-refractivity contribution in [2.45, 2.75) is 38.7 Å². The molecule has 1 amide bonds. The van der Waals surface area contributed by atoms with Crippen molar-refractivity contribution >= 4 is 11.9 Å². The average Bonchev–Trinajstić information content (AvgIpc) is 2.56. The molecule has 0 atom stereocenters. The van der Waals surface area contributed by atoms with Crippen LogP contribution in [0.25, 0.3) is 0 Å². The summed E-state index contributed by atoms with van der Waals surface area (Å²) in [5, 5.41) is 11.7. The zero-order valence-corrected chi connectivity index (χ0v) is 13.2. The number of carboxylic acid groups (broad SMARTS) is 1. The van der Waals surface area contributed by atoms with E-state index in [1.807, 2.05) is 0 Å². The Morgan fingerprint density at radius 3 is 2.42 bits per heavy atom. The fraction of sp³-hybridized carbons (Fsp3) is 0.529. The fourth-order valence-electron chi connectivity index (χ4n) is 2.99. The maximum absolute atomic E-state index is 12.3. The van der Waals surface area contributed by atoms with Gasteiger partial charge in [-0.3, -0.25) is 9.59 Å². The minimum Gasteiger partial charge on any atom is -0.481 e. The van der Waals surface area contributed by atoms with E-state index in [1.54, 1.807) is 18.2 Å². The van der Waals surface area contributed by atoms with Crippen LogP contribution in [0.3, 0.4) is 0 Å². The highest BCUT2D eigenvalue weighted by Gasteiger charge is 2.29. The third-order valence-corrected chi connectivity index (χ3v) is 4.33. The molecule has 5 nitrogen and oxygen atoms in total. The number of alkyl halides is 2. The van der Waals surface area contributed by atoms with Gasteiger partial charge in [0.1, 0.15) is 5.75 Å². The molecule has 2 N–H and O–H groups in total. The van der Waals surface area contributed by atoms with Crippen LogP contribution < -0.4 is 10.1 Å². The predicted molar refractivity (Wildman–Crippen MR) is 82.9 cm³/mol. The molecule has 1 fully saturated rings. The SMILES string of the molecule is O=C(O)C1CCC(C(=O)NCCc2ccccc2OC(F)F)CC1. The topological polar surface area (TPSA) is 75.6 Å². The van der Waals surface area contributed by atoms with Crippen LogP contribution in [0.2, 0.25) is 0 Å². The summed E-state index contributed by atoms with van der Waals surface area (Å²) in [6.45, 7) is -2.56. The van der Waals surface area contributed by atoms with Gasteiger partial charge in [-0.15, -0.1) is 0 Å². The van der Waals surface area contributed by atoms with Gasteiger partial charge in [0, 0.05) is 12.5 Å². The molecule has 0 radical (unpaired) electrons. The Morgan fingerprint density at radius 1 is 1.17 bits per heavy atom. The van der Waals surface area contributed by atoms with Gasteiger partial charge in [0.15, 0.2) is 0 Å². The van der Waals surface area contributed by atoms with E-state index in [1.165, 1.54) is 6.07 Å². The van der Waals surface area contributed by atoms with Gasteiger partial charge in [0.05, 0.1) is 5.92 Å². The van der Waals surface area contributed by atoms with Gasteiger partial charge in [-0.1, -0.05) is 18.2 Å². The molecule has 1 aromatic rings. The molecule has 0 aliphatic heterocycles. The molecule has 1 aromatic carbocycles. The molecule has 1 aliphatic rings. The van der Waals surface area contributed by atoms with Crippen LogP contribution in [-0.4, -0.2) is 30.1 Å². The number of rotatable bonds is 7. The Labute approximate surface area is 139 Å². The molecule has 1 aliphatic carbocycles.